The molecule has 4 nitrogen and oxygen atoms in total. The van der Waals surface area contributed by atoms with Crippen LogP contribution in [-0.4, -0.2) is 15.0 Å². The van der Waals surface area contributed by atoms with E-state index in [1.54, 1.807) is 4.80 Å². The van der Waals surface area contributed by atoms with Crippen molar-refractivity contribution in [1.29, 1.82) is 0 Å². The van der Waals surface area contributed by atoms with Crippen molar-refractivity contribution in [2.24, 2.45) is 0 Å². The van der Waals surface area contributed by atoms with Gasteiger partial charge in [0.05, 0.1) is 0 Å². The maximum absolute atomic E-state index is 6.00. The number of rotatable bonds is 1. The van der Waals surface area contributed by atoms with Crippen molar-refractivity contribution in [1.82, 2.24) is 15.0 Å². The van der Waals surface area contributed by atoms with Crippen molar-refractivity contribution in [2.45, 2.75) is 26.4 Å². The molecule has 0 aliphatic carbocycles. The molecular formula is C16H14ClN3O. The van der Waals surface area contributed by atoms with Crippen molar-refractivity contribution >= 4 is 22.6 Å². The van der Waals surface area contributed by atoms with E-state index in [9.17, 15) is 0 Å². The normalized spacial score (nSPS) is 15.4. The van der Waals surface area contributed by atoms with E-state index in [4.69, 9.17) is 16.3 Å². The van der Waals surface area contributed by atoms with Gasteiger partial charge in [0.15, 0.2) is 5.75 Å². The Balaban J connectivity index is 1.93. The van der Waals surface area contributed by atoms with E-state index in [1.165, 1.54) is 11.1 Å². The SMILES string of the molecule is Cc1cc(-n2nc3ccc(Cl)cc3n2)c2c(c1)C(C)(C)O2. The summed E-state index contributed by atoms with van der Waals surface area (Å²) in [6, 6.07) is 9.69. The highest BCUT2D eigenvalue weighted by atomic mass is 35.5. The van der Waals surface area contributed by atoms with Gasteiger partial charge in [-0.1, -0.05) is 11.6 Å². The Bertz CT molecular complexity index is 883. The number of fused-ring (bicyclic) bond motifs is 2. The summed E-state index contributed by atoms with van der Waals surface area (Å²) >= 11 is 6.00. The lowest BCUT2D eigenvalue weighted by Gasteiger charge is -2.39. The molecule has 1 aliphatic rings. The van der Waals surface area contributed by atoms with Crippen LogP contribution in [0, 0.1) is 6.92 Å². The van der Waals surface area contributed by atoms with Gasteiger partial charge in [-0.2, -0.15) is 0 Å². The minimum Gasteiger partial charge on any atom is -0.480 e. The Morgan fingerprint density at radius 3 is 2.62 bits per heavy atom. The molecule has 4 rings (SSSR count). The number of hydrogen-bond acceptors (Lipinski definition) is 3. The van der Waals surface area contributed by atoms with Gasteiger partial charge in [0.1, 0.15) is 22.3 Å². The van der Waals surface area contributed by atoms with Gasteiger partial charge in [0.25, 0.3) is 0 Å². The molecule has 2 aromatic carbocycles. The molecular weight excluding hydrogens is 286 g/mol. The summed E-state index contributed by atoms with van der Waals surface area (Å²) in [5.74, 6) is 0.858. The highest BCUT2D eigenvalue weighted by Gasteiger charge is 2.39. The summed E-state index contributed by atoms with van der Waals surface area (Å²) in [4.78, 5) is 1.63. The third kappa shape index (κ3) is 1.83. The fraction of sp³-hybridized carbons (Fsp3) is 0.250. The molecule has 3 aromatic rings. The number of hydrogen-bond donors (Lipinski definition) is 0. The largest absolute Gasteiger partial charge is 0.480 e. The second kappa shape index (κ2) is 3.98. The molecule has 106 valence electrons. The van der Waals surface area contributed by atoms with Crippen LogP contribution in [0.2, 0.25) is 5.02 Å². The number of aryl methyl sites for hydroxylation is 1. The summed E-state index contributed by atoms with van der Waals surface area (Å²) in [5, 5.41) is 9.68. The zero-order valence-electron chi connectivity index (χ0n) is 12.0. The molecule has 21 heavy (non-hydrogen) atoms. The lowest BCUT2D eigenvalue weighted by Crippen LogP contribution is -2.36. The Kier molecular flexibility index (Phi) is 2.40. The second-order valence-electron chi connectivity index (χ2n) is 5.90. The summed E-state index contributed by atoms with van der Waals surface area (Å²) in [6.45, 7) is 6.19. The summed E-state index contributed by atoms with van der Waals surface area (Å²) < 4.78 is 5.91. The fourth-order valence-electron chi connectivity index (χ4n) is 2.72. The molecule has 0 bridgehead atoms. The lowest BCUT2D eigenvalue weighted by atomic mass is 9.89. The Hall–Kier alpha value is -2.07. The highest BCUT2D eigenvalue weighted by Crippen LogP contribution is 2.47. The first-order chi connectivity index (χ1) is 9.94. The summed E-state index contributed by atoms with van der Waals surface area (Å²) in [7, 11) is 0. The first-order valence-corrected chi connectivity index (χ1v) is 7.19. The van der Waals surface area contributed by atoms with E-state index in [2.05, 4.69) is 37.0 Å². The van der Waals surface area contributed by atoms with Crippen molar-refractivity contribution in [3.05, 3.63) is 46.5 Å². The topological polar surface area (TPSA) is 39.9 Å². The van der Waals surface area contributed by atoms with Crippen molar-refractivity contribution in [3.63, 3.8) is 0 Å². The van der Waals surface area contributed by atoms with Gasteiger partial charge in [-0.15, -0.1) is 15.0 Å². The average Bonchev–Trinajstić information content (AvgIpc) is 2.82. The van der Waals surface area contributed by atoms with E-state index in [1.807, 2.05) is 24.3 Å². The molecule has 2 heterocycles. The lowest BCUT2D eigenvalue weighted by molar-refractivity contribution is 0.0511. The minimum absolute atomic E-state index is 0.244. The van der Waals surface area contributed by atoms with E-state index >= 15 is 0 Å². The molecule has 0 unspecified atom stereocenters. The number of nitrogens with zero attached hydrogens (tertiary/aromatic N) is 3. The van der Waals surface area contributed by atoms with Gasteiger partial charge in [0.2, 0.25) is 0 Å². The van der Waals surface area contributed by atoms with Crippen LogP contribution in [-0.2, 0) is 5.60 Å². The maximum Gasteiger partial charge on any atom is 0.155 e. The zero-order valence-corrected chi connectivity index (χ0v) is 12.8. The van der Waals surface area contributed by atoms with Crippen LogP contribution in [0.3, 0.4) is 0 Å². The monoisotopic (exact) mass is 299 g/mol. The fourth-order valence-corrected chi connectivity index (χ4v) is 2.88. The van der Waals surface area contributed by atoms with E-state index < -0.39 is 0 Å². The molecule has 0 amide bonds. The molecule has 5 heteroatoms. The molecule has 0 atom stereocenters. The van der Waals surface area contributed by atoms with Crippen LogP contribution in [0.15, 0.2) is 30.3 Å². The van der Waals surface area contributed by atoms with Crippen molar-refractivity contribution < 1.29 is 4.74 Å². The van der Waals surface area contributed by atoms with Crippen LogP contribution < -0.4 is 4.74 Å². The standard InChI is InChI=1S/C16H14ClN3O/c1-9-6-11-15(21-16(11,2)3)14(7-9)20-18-12-5-4-10(17)8-13(12)19-20/h4-8H,1-3H3. The van der Waals surface area contributed by atoms with Crippen LogP contribution in [0.1, 0.15) is 25.0 Å². The van der Waals surface area contributed by atoms with Gasteiger partial charge in [-0.3, -0.25) is 0 Å². The molecule has 0 N–H and O–H groups in total. The third-order valence-electron chi connectivity index (χ3n) is 3.78. The summed E-state index contributed by atoms with van der Waals surface area (Å²) in [5.41, 5.74) is 4.57. The van der Waals surface area contributed by atoms with Gasteiger partial charge in [0, 0.05) is 10.6 Å². The first kappa shape index (κ1) is 12.7. The van der Waals surface area contributed by atoms with Gasteiger partial charge < -0.3 is 4.74 Å². The van der Waals surface area contributed by atoms with E-state index in [-0.39, 0.29) is 5.60 Å². The van der Waals surface area contributed by atoms with Crippen molar-refractivity contribution in [2.75, 3.05) is 0 Å². The van der Waals surface area contributed by atoms with Gasteiger partial charge in [-0.25, -0.2) is 0 Å². The maximum atomic E-state index is 6.00. The van der Waals surface area contributed by atoms with Gasteiger partial charge in [-0.05, 0) is 56.7 Å². The number of ether oxygens (including phenoxy) is 1. The van der Waals surface area contributed by atoms with Gasteiger partial charge >= 0.3 is 0 Å². The molecule has 0 fully saturated rings. The number of benzene rings is 2. The van der Waals surface area contributed by atoms with E-state index in [0.717, 1.165) is 22.5 Å². The van der Waals surface area contributed by atoms with E-state index in [0.29, 0.717) is 5.02 Å². The Morgan fingerprint density at radius 1 is 1.10 bits per heavy atom. The van der Waals surface area contributed by atoms with Crippen molar-refractivity contribution in [3.8, 4) is 11.4 Å². The molecule has 0 spiro atoms. The number of halogens is 1. The smallest absolute Gasteiger partial charge is 0.155 e. The number of aromatic nitrogens is 3. The van der Waals surface area contributed by atoms with Crippen LogP contribution in [0.25, 0.3) is 16.7 Å². The summed E-state index contributed by atoms with van der Waals surface area (Å²) in [6.07, 6.45) is 0. The quantitative estimate of drug-likeness (QED) is 0.681. The predicted octanol–water partition coefficient (Wildman–Crippen LogP) is 4.01. The predicted molar refractivity (Wildman–Crippen MR) is 82.3 cm³/mol. The Morgan fingerprint density at radius 2 is 1.86 bits per heavy atom. The molecule has 0 radical (unpaired) electrons. The third-order valence-corrected chi connectivity index (χ3v) is 4.01. The average molecular weight is 300 g/mol. The molecule has 0 saturated carbocycles. The minimum atomic E-state index is -0.244. The molecule has 1 aliphatic heterocycles. The zero-order chi connectivity index (χ0) is 14.8. The second-order valence-corrected chi connectivity index (χ2v) is 6.33. The highest BCUT2D eigenvalue weighted by molar-refractivity contribution is 6.31. The Labute approximate surface area is 127 Å². The molecule has 0 saturated heterocycles. The molecule has 1 aromatic heterocycles. The van der Waals surface area contributed by atoms with Crippen LogP contribution in [0.4, 0.5) is 0 Å². The van der Waals surface area contributed by atoms with Crippen LogP contribution in [0.5, 0.6) is 5.75 Å². The first-order valence-electron chi connectivity index (χ1n) is 6.81. The van der Waals surface area contributed by atoms with Crippen LogP contribution >= 0.6 is 11.6 Å².